The number of carbonyl (C=O) groups is 1. The Balaban J connectivity index is 1.65. The fraction of sp³-hybridized carbons (Fsp3) is 0.333. The molecule has 1 aromatic heterocycles. The molecule has 0 saturated carbocycles. The molecule has 6 nitrogen and oxygen atoms in total. The van der Waals surface area contributed by atoms with Crippen molar-refractivity contribution in [2.24, 2.45) is 0 Å². The summed E-state index contributed by atoms with van der Waals surface area (Å²) in [5.74, 6) is 0.510. The molecule has 0 spiro atoms. The number of nitrogens with zero attached hydrogens (tertiary/aromatic N) is 2. The van der Waals surface area contributed by atoms with Gasteiger partial charge in [0, 0.05) is 43.8 Å². The van der Waals surface area contributed by atoms with Crippen molar-refractivity contribution in [1.82, 2.24) is 15.2 Å². The van der Waals surface area contributed by atoms with Gasteiger partial charge in [0.15, 0.2) is 0 Å². The first-order valence-corrected chi connectivity index (χ1v) is 8.53. The van der Waals surface area contributed by atoms with E-state index >= 15 is 0 Å². The van der Waals surface area contributed by atoms with Gasteiger partial charge in [0.05, 0.1) is 18.7 Å². The van der Waals surface area contributed by atoms with Crippen LogP contribution in [0.3, 0.4) is 0 Å². The molecule has 1 aliphatic rings. The molecule has 0 aliphatic carbocycles. The lowest BCUT2D eigenvalue weighted by Crippen LogP contribution is -2.48. The molecule has 1 amide bonds. The standard InChI is InChI=1S/C18H21ClN4O2/c1-25-17-5-4-14(9-15(17)19)22-18(24)12-23-8-7-21-11-16(23)13-3-2-6-20-10-13/h2-6,9-10,16,21H,7-8,11-12H2,1H3,(H,22,24). The van der Waals surface area contributed by atoms with Gasteiger partial charge in [0.1, 0.15) is 5.75 Å². The van der Waals surface area contributed by atoms with Crippen LogP contribution in [-0.4, -0.2) is 49.1 Å². The highest BCUT2D eigenvalue weighted by Crippen LogP contribution is 2.27. The molecule has 25 heavy (non-hydrogen) atoms. The van der Waals surface area contributed by atoms with Crippen molar-refractivity contribution in [3.8, 4) is 5.75 Å². The van der Waals surface area contributed by atoms with Gasteiger partial charge in [-0.25, -0.2) is 0 Å². The molecule has 3 rings (SSSR count). The Kier molecular flexibility index (Phi) is 5.86. The van der Waals surface area contributed by atoms with E-state index in [0.717, 1.165) is 25.2 Å². The van der Waals surface area contributed by atoms with Crippen LogP contribution in [0.15, 0.2) is 42.7 Å². The summed E-state index contributed by atoms with van der Waals surface area (Å²) in [5, 5.41) is 6.74. The summed E-state index contributed by atoms with van der Waals surface area (Å²) in [6, 6.07) is 9.29. The van der Waals surface area contributed by atoms with Gasteiger partial charge in [-0.3, -0.25) is 14.7 Å². The third-order valence-corrected chi connectivity index (χ3v) is 4.50. The second-order valence-electron chi connectivity index (χ2n) is 5.87. The van der Waals surface area contributed by atoms with Crippen molar-refractivity contribution < 1.29 is 9.53 Å². The summed E-state index contributed by atoms with van der Waals surface area (Å²) in [5.41, 5.74) is 1.76. The lowest BCUT2D eigenvalue weighted by atomic mass is 10.1. The second-order valence-corrected chi connectivity index (χ2v) is 6.28. The SMILES string of the molecule is COc1ccc(NC(=O)CN2CCNCC2c2cccnc2)cc1Cl. The molecule has 7 heteroatoms. The molecular weight excluding hydrogens is 340 g/mol. The first-order chi connectivity index (χ1) is 12.2. The maximum absolute atomic E-state index is 12.5. The summed E-state index contributed by atoms with van der Waals surface area (Å²) >= 11 is 6.11. The summed E-state index contributed by atoms with van der Waals surface area (Å²) in [4.78, 5) is 18.8. The lowest BCUT2D eigenvalue weighted by molar-refractivity contribution is -0.118. The number of aromatic nitrogens is 1. The van der Waals surface area contributed by atoms with Gasteiger partial charge in [-0.2, -0.15) is 0 Å². The van der Waals surface area contributed by atoms with E-state index in [1.807, 2.05) is 18.3 Å². The number of nitrogens with one attached hydrogen (secondary N) is 2. The van der Waals surface area contributed by atoms with Crippen LogP contribution in [0.2, 0.25) is 5.02 Å². The van der Waals surface area contributed by atoms with Crippen LogP contribution >= 0.6 is 11.6 Å². The van der Waals surface area contributed by atoms with Crippen molar-refractivity contribution in [2.45, 2.75) is 6.04 Å². The van der Waals surface area contributed by atoms with Crippen LogP contribution in [0.25, 0.3) is 0 Å². The van der Waals surface area contributed by atoms with E-state index in [0.29, 0.717) is 23.0 Å². The number of amides is 1. The maximum atomic E-state index is 12.5. The number of carbonyl (C=O) groups excluding carboxylic acids is 1. The van der Waals surface area contributed by atoms with Crippen molar-refractivity contribution in [3.63, 3.8) is 0 Å². The number of methoxy groups -OCH3 is 1. The highest BCUT2D eigenvalue weighted by molar-refractivity contribution is 6.32. The molecular formula is C18H21ClN4O2. The lowest BCUT2D eigenvalue weighted by Gasteiger charge is -2.35. The Labute approximate surface area is 152 Å². The summed E-state index contributed by atoms with van der Waals surface area (Å²) in [7, 11) is 1.56. The van der Waals surface area contributed by atoms with Gasteiger partial charge in [0.25, 0.3) is 0 Å². The van der Waals surface area contributed by atoms with Crippen LogP contribution in [-0.2, 0) is 4.79 Å². The summed E-state index contributed by atoms with van der Waals surface area (Å²) in [6.45, 7) is 2.77. The fourth-order valence-electron chi connectivity index (χ4n) is 2.97. The predicted octanol–water partition coefficient (Wildman–Crippen LogP) is 2.33. The summed E-state index contributed by atoms with van der Waals surface area (Å²) < 4.78 is 5.12. The Bertz CT molecular complexity index is 726. The van der Waals surface area contributed by atoms with Gasteiger partial charge in [-0.1, -0.05) is 17.7 Å². The van der Waals surface area contributed by atoms with E-state index in [1.54, 1.807) is 31.5 Å². The maximum Gasteiger partial charge on any atom is 0.238 e. The Morgan fingerprint density at radius 2 is 2.36 bits per heavy atom. The highest BCUT2D eigenvalue weighted by atomic mass is 35.5. The zero-order valence-electron chi connectivity index (χ0n) is 14.0. The minimum atomic E-state index is -0.0722. The van der Waals surface area contributed by atoms with E-state index in [4.69, 9.17) is 16.3 Å². The van der Waals surface area contributed by atoms with E-state index in [9.17, 15) is 4.79 Å². The first-order valence-electron chi connectivity index (χ1n) is 8.15. The molecule has 2 N–H and O–H groups in total. The Hall–Kier alpha value is -2.15. The van der Waals surface area contributed by atoms with Crippen molar-refractivity contribution >= 4 is 23.2 Å². The predicted molar refractivity (Wildman–Crippen MR) is 98.1 cm³/mol. The number of anilines is 1. The minimum Gasteiger partial charge on any atom is -0.495 e. The van der Waals surface area contributed by atoms with Crippen LogP contribution in [0.1, 0.15) is 11.6 Å². The van der Waals surface area contributed by atoms with E-state index in [2.05, 4.69) is 20.5 Å². The van der Waals surface area contributed by atoms with Crippen LogP contribution in [0.4, 0.5) is 5.69 Å². The van der Waals surface area contributed by atoms with Gasteiger partial charge in [0.2, 0.25) is 5.91 Å². The van der Waals surface area contributed by atoms with E-state index in [-0.39, 0.29) is 11.9 Å². The topological polar surface area (TPSA) is 66.5 Å². The molecule has 1 saturated heterocycles. The minimum absolute atomic E-state index is 0.0722. The summed E-state index contributed by atoms with van der Waals surface area (Å²) in [6.07, 6.45) is 3.61. The number of piperazine rings is 1. The van der Waals surface area contributed by atoms with Gasteiger partial charge >= 0.3 is 0 Å². The number of rotatable bonds is 5. The van der Waals surface area contributed by atoms with Crippen molar-refractivity contribution in [3.05, 3.63) is 53.3 Å². The largest absolute Gasteiger partial charge is 0.495 e. The molecule has 0 radical (unpaired) electrons. The quantitative estimate of drug-likeness (QED) is 0.856. The molecule has 1 atom stereocenters. The van der Waals surface area contributed by atoms with Crippen molar-refractivity contribution in [2.75, 3.05) is 38.6 Å². The fourth-order valence-corrected chi connectivity index (χ4v) is 3.22. The molecule has 2 aromatic rings. The molecule has 0 bridgehead atoms. The number of hydrogen-bond acceptors (Lipinski definition) is 5. The highest BCUT2D eigenvalue weighted by Gasteiger charge is 2.25. The number of ether oxygens (including phenoxy) is 1. The molecule has 1 aliphatic heterocycles. The Morgan fingerprint density at radius 1 is 1.48 bits per heavy atom. The monoisotopic (exact) mass is 360 g/mol. The van der Waals surface area contributed by atoms with E-state index in [1.165, 1.54) is 0 Å². The van der Waals surface area contributed by atoms with Crippen LogP contribution in [0.5, 0.6) is 5.75 Å². The number of benzene rings is 1. The first kappa shape index (κ1) is 17.7. The molecule has 1 aromatic carbocycles. The average Bonchev–Trinajstić information content (AvgIpc) is 2.63. The van der Waals surface area contributed by atoms with Gasteiger partial charge < -0.3 is 15.4 Å². The normalized spacial score (nSPS) is 17.9. The van der Waals surface area contributed by atoms with Crippen LogP contribution in [0, 0.1) is 0 Å². The smallest absolute Gasteiger partial charge is 0.238 e. The average molecular weight is 361 g/mol. The second kappa shape index (κ2) is 8.29. The van der Waals surface area contributed by atoms with Gasteiger partial charge in [-0.15, -0.1) is 0 Å². The molecule has 1 unspecified atom stereocenters. The van der Waals surface area contributed by atoms with E-state index < -0.39 is 0 Å². The zero-order valence-corrected chi connectivity index (χ0v) is 14.8. The number of halogens is 1. The zero-order chi connectivity index (χ0) is 17.6. The molecule has 2 heterocycles. The number of pyridine rings is 1. The third-order valence-electron chi connectivity index (χ3n) is 4.21. The van der Waals surface area contributed by atoms with Crippen LogP contribution < -0.4 is 15.4 Å². The van der Waals surface area contributed by atoms with Crippen molar-refractivity contribution in [1.29, 1.82) is 0 Å². The number of hydrogen-bond donors (Lipinski definition) is 2. The Morgan fingerprint density at radius 3 is 3.08 bits per heavy atom. The van der Waals surface area contributed by atoms with Gasteiger partial charge in [-0.05, 0) is 29.8 Å². The third kappa shape index (κ3) is 4.48. The molecule has 132 valence electrons. The molecule has 1 fully saturated rings.